The summed E-state index contributed by atoms with van der Waals surface area (Å²) in [5, 5.41) is 21.3. The number of nitrogens with zero attached hydrogens (tertiary/aromatic N) is 3. The van der Waals surface area contributed by atoms with Crippen molar-refractivity contribution in [3.8, 4) is 0 Å². The molecule has 1 atom stereocenters. The van der Waals surface area contributed by atoms with E-state index in [-0.39, 0.29) is 30.7 Å². The largest absolute Gasteiger partial charge is 0.381 e. The molecule has 4 rings (SSSR count). The van der Waals surface area contributed by atoms with Gasteiger partial charge in [0.25, 0.3) is 0 Å². The van der Waals surface area contributed by atoms with Crippen LogP contribution in [-0.2, 0) is 23.2 Å². The average molecular weight is 316 g/mol. The molecule has 2 heterocycles. The molecule has 1 aliphatic heterocycles. The van der Waals surface area contributed by atoms with Gasteiger partial charge in [-0.05, 0) is 30.5 Å². The van der Waals surface area contributed by atoms with Crippen LogP contribution >= 0.6 is 0 Å². The second kappa shape index (κ2) is 5.13. The number of nitrogens with one attached hydrogen (secondary N) is 1. The van der Waals surface area contributed by atoms with Gasteiger partial charge in [-0.25, -0.2) is 4.39 Å². The fourth-order valence-corrected chi connectivity index (χ4v) is 3.44. The van der Waals surface area contributed by atoms with E-state index in [1.54, 1.807) is 17.0 Å². The topological polar surface area (TPSA) is 82.1 Å². The zero-order chi connectivity index (χ0) is 16.0. The van der Waals surface area contributed by atoms with Gasteiger partial charge in [0.15, 0.2) is 0 Å². The highest BCUT2D eigenvalue weighted by atomic mass is 19.1. The van der Waals surface area contributed by atoms with Crippen molar-refractivity contribution in [2.75, 3.05) is 13.1 Å². The number of β-amino-alcohol motifs (C(OH)–C–C–N with tert-alkyl or cyclic N) is 1. The fourth-order valence-electron chi connectivity index (χ4n) is 3.44. The number of aryl methyl sites for hydroxylation is 1. The average Bonchev–Trinajstić information content (AvgIpc) is 2.99. The van der Waals surface area contributed by atoms with Gasteiger partial charge in [0, 0.05) is 12.3 Å². The molecule has 6 nitrogen and oxygen atoms in total. The number of benzene rings is 1. The maximum Gasteiger partial charge on any atom is 0.226 e. The summed E-state index contributed by atoms with van der Waals surface area (Å²) in [6.45, 7) is 0.499. The summed E-state index contributed by atoms with van der Waals surface area (Å²) in [7, 11) is 0. The molecule has 0 bridgehead atoms. The van der Waals surface area contributed by atoms with Crippen molar-refractivity contribution in [1.82, 2.24) is 20.3 Å². The molecular weight excluding hydrogens is 299 g/mol. The highest BCUT2D eigenvalue weighted by Crippen LogP contribution is 2.34. The van der Waals surface area contributed by atoms with Gasteiger partial charge in [0.2, 0.25) is 5.91 Å². The van der Waals surface area contributed by atoms with Crippen molar-refractivity contribution >= 4 is 5.91 Å². The SMILES string of the molecule is O=C(C1CCc2n[nH]nc2C1)N1CC(O)(c2ccc(F)cc2)C1. The Bertz CT molecular complexity index is 737. The predicted molar refractivity (Wildman–Crippen MR) is 78.8 cm³/mol. The number of H-pyrrole nitrogens is 1. The van der Waals surface area contributed by atoms with Crippen LogP contribution in [0.4, 0.5) is 4.39 Å². The number of carbonyl (C=O) groups is 1. The van der Waals surface area contributed by atoms with Gasteiger partial charge in [-0.3, -0.25) is 4.79 Å². The van der Waals surface area contributed by atoms with Gasteiger partial charge in [-0.2, -0.15) is 15.4 Å². The lowest BCUT2D eigenvalue weighted by Gasteiger charge is -2.48. The molecule has 2 aromatic rings. The van der Waals surface area contributed by atoms with Crippen LogP contribution in [0.15, 0.2) is 24.3 Å². The van der Waals surface area contributed by atoms with E-state index in [0.717, 1.165) is 24.2 Å². The molecule has 120 valence electrons. The van der Waals surface area contributed by atoms with Gasteiger partial charge in [-0.15, -0.1) is 0 Å². The molecule has 1 aromatic heterocycles. The van der Waals surface area contributed by atoms with E-state index >= 15 is 0 Å². The number of aromatic amines is 1. The van der Waals surface area contributed by atoms with Crippen molar-refractivity contribution in [1.29, 1.82) is 0 Å². The molecule has 0 spiro atoms. The van der Waals surface area contributed by atoms with Gasteiger partial charge >= 0.3 is 0 Å². The van der Waals surface area contributed by atoms with Gasteiger partial charge < -0.3 is 10.0 Å². The normalized spacial score (nSPS) is 22.3. The monoisotopic (exact) mass is 316 g/mol. The first kappa shape index (κ1) is 14.3. The second-order valence-electron chi connectivity index (χ2n) is 6.39. The maximum atomic E-state index is 13.0. The molecule has 2 N–H and O–H groups in total. The van der Waals surface area contributed by atoms with Crippen molar-refractivity contribution in [3.05, 3.63) is 47.0 Å². The first-order valence-corrected chi connectivity index (χ1v) is 7.71. The van der Waals surface area contributed by atoms with Crippen LogP contribution in [0.2, 0.25) is 0 Å². The quantitative estimate of drug-likeness (QED) is 0.858. The Balaban J connectivity index is 1.42. The van der Waals surface area contributed by atoms with Crippen LogP contribution in [0.3, 0.4) is 0 Å². The van der Waals surface area contributed by atoms with E-state index in [4.69, 9.17) is 0 Å². The molecular formula is C16H17FN4O2. The number of rotatable bonds is 2. The van der Waals surface area contributed by atoms with Crippen LogP contribution in [-0.4, -0.2) is 44.4 Å². The Labute approximate surface area is 132 Å². The van der Waals surface area contributed by atoms with Gasteiger partial charge in [0.1, 0.15) is 11.4 Å². The predicted octanol–water partition coefficient (Wildman–Crippen LogP) is 0.779. The molecule has 1 unspecified atom stereocenters. The standard InChI is InChI=1S/C16H17FN4O2/c17-12-4-2-11(3-5-12)16(23)8-21(9-16)15(22)10-1-6-13-14(7-10)19-20-18-13/h2-5,10,23H,1,6-9H2,(H,18,19,20). The number of halogens is 1. The molecule has 1 aliphatic carbocycles. The van der Waals surface area contributed by atoms with E-state index in [2.05, 4.69) is 15.4 Å². The summed E-state index contributed by atoms with van der Waals surface area (Å²) in [4.78, 5) is 14.2. The number of fused-ring (bicyclic) bond motifs is 1. The summed E-state index contributed by atoms with van der Waals surface area (Å²) in [6.07, 6.45) is 2.10. The minimum absolute atomic E-state index is 0.0467. The van der Waals surface area contributed by atoms with Crippen molar-refractivity contribution < 1.29 is 14.3 Å². The molecule has 7 heteroatoms. The van der Waals surface area contributed by atoms with E-state index in [1.165, 1.54) is 12.1 Å². The number of aromatic nitrogens is 3. The van der Waals surface area contributed by atoms with Crippen molar-refractivity contribution in [2.45, 2.75) is 24.9 Å². The van der Waals surface area contributed by atoms with Crippen molar-refractivity contribution in [3.63, 3.8) is 0 Å². The van der Waals surface area contributed by atoms with Crippen LogP contribution in [0.1, 0.15) is 23.4 Å². The summed E-state index contributed by atoms with van der Waals surface area (Å²) in [5.74, 6) is -0.397. The van der Waals surface area contributed by atoms with Gasteiger partial charge in [0.05, 0.1) is 24.5 Å². The van der Waals surface area contributed by atoms with Crippen LogP contribution in [0.5, 0.6) is 0 Å². The Morgan fingerprint density at radius 2 is 1.96 bits per heavy atom. The third-order valence-electron chi connectivity index (χ3n) is 4.82. The molecule has 1 saturated heterocycles. The van der Waals surface area contributed by atoms with Crippen molar-refractivity contribution in [2.24, 2.45) is 5.92 Å². The lowest BCUT2D eigenvalue weighted by molar-refractivity contribution is -0.161. The lowest BCUT2D eigenvalue weighted by atomic mass is 9.83. The fraction of sp³-hybridized carbons (Fsp3) is 0.438. The van der Waals surface area contributed by atoms with Crippen LogP contribution in [0.25, 0.3) is 0 Å². The molecule has 0 radical (unpaired) electrons. The molecule has 1 amide bonds. The number of likely N-dealkylation sites (tertiary alicyclic amines) is 1. The molecule has 2 aliphatic rings. The van der Waals surface area contributed by atoms with Crippen LogP contribution in [0, 0.1) is 11.7 Å². The van der Waals surface area contributed by atoms with E-state index in [9.17, 15) is 14.3 Å². The van der Waals surface area contributed by atoms with E-state index < -0.39 is 5.60 Å². The maximum absolute atomic E-state index is 13.0. The van der Waals surface area contributed by atoms with Crippen LogP contribution < -0.4 is 0 Å². The number of hydrogen-bond acceptors (Lipinski definition) is 4. The first-order valence-electron chi connectivity index (χ1n) is 7.71. The summed E-state index contributed by atoms with van der Waals surface area (Å²) in [6, 6.07) is 5.79. The highest BCUT2D eigenvalue weighted by molar-refractivity contribution is 5.80. The summed E-state index contributed by atoms with van der Waals surface area (Å²) in [5.41, 5.74) is 1.38. The number of aliphatic hydroxyl groups is 1. The van der Waals surface area contributed by atoms with E-state index in [0.29, 0.717) is 12.0 Å². The Kier molecular flexibility index (Phi) is 3.19. The third kappa shape index (κ3) is 2.41. The molecule has 1 aromatic carbocycles. The lowest BCUT2D eigenvalue weighted by Crippen LogP contribution is -2.62. The molecule has 23 heavy (non-hydrogen) atoms. The smallest absolute Gasteiger partial charge is 0.226 e. The van der Waals surface area contributed by atoms with Gasteiger partial charge in [-0.1, -0.05) is 12.1 Å². The third-order valence-corrected chi connectivity index (χ3v) is 4.82. The Hall–Kier alpha value is -2.28. The zero-order valence-corrected chi connectivity index (χ0v) is 12.5. The number of amides is 1. The number of hydrogen-bond donors (Lipinski definition) is 2. The van der Waals surface area contributed by atoms with E-state index in [1.807, 2.05) is 0 Å². The second-order valence-corrected chi connectivity index (χ2v) is 6.39. The molecule has 0 saturated carbocycles. The number of carbonyl (C=O) groups excluding carboxylic acids is 1. The Morgan fingerprint density at radius 1 is 1.26 bits per heavy atom. The Morgan fingerprint density at radius 3 is 2.70 bits per heavy atom. The first-order chi connectivity index (χ1) is 11.0. The minimum atomic E-state index is -1.07. The summed E-state index contributed by atoms with van der Waals surface area (Å²) < 4.78 is 13.0. The molecule has 1 fully saturated rings. The zero-order valence-electron chi connectivity index (χ0n) is 12.5. The highest BCUT2D eigenvalue weighted by Gasteiger charge is 2.46. The summed E-state index contributed by atoms with van der Waals surface area (Å²) >= 11 is 0. The minimum Gasteiger partial charge on any atom is -0.381 e.